The molecule has 1 amide bonds. The molecule has 0 spiro atoms. The van der Waals surface area contributed by atoms with E-state index >= 15 is 0 Å². The van der Waals surface area contributed by atoms with Crippen LogP contribution in [0.2, 0.25) is 0 Å². The predicted molar refractivity (Wildman–Crippen MR) is 78.3 cm³/mol. The average Bonchev–Trinajstić information content (AvgIpc) is 2.37. The minimum absolute atomic E-state index is 0.00217. The first-order valence-corrected chi connectivity index (χ1v) is 7.48. The van der Waals surface area contributed by atoms with E-state index in [0.29, 0.717) is 6.54 Å². The van der Waals surface area contributed by atoms with Gasteiger partial charge in [-0.3, -0.25) is 14.5 Å². The number of rotatable bonds is 5. The van der Waals surface area contributed by atoms with Crippen molar-refractivity contribution in [1.29, 1.82) is 0 Å². The third-order valence-corrected chi connectivity index (χ3v) is 3.88. The molecule has 0 bridgehead atoms. The van der Waals surface area contributed by atoms with Gasteiger partial charge in [-0.2, -0.15) is 0 Å². The molecule has 0 radical (unpaired) electrons. The topological polar surface area (TPSA) is 49.9 Å². The molecule has 0 aromatic heterocycles. The zero-order valence-electron chi connectivity index (χ0n) is 13.4. The molecule has 116 valence electrons. The highest BCUT2D eigenvalue weighted by Gasteiger charge is 2.28. The molecule has 1 heterocycles. The summed E-state index contributed by atoms with van der Waals surface area (Å²) in [5, 5.41) is 0. The van der Waals surface area contributed by atoms with Crippen LogP contribution in [0.3, 0.4) is 0 Å². The molecule has 5 nitrogen and oxygen atoms in total. The largest absolute Gasteiger partial charge is 0.469 e. The first kappa shape index (κ1) is 17.0. The zero-order chi connectivity index (χ0) is 15.3. The second-order valence-corrected chi connectivity index (χ2v) is 6.06. The third kappa shape index (κ3) is 4.47. The first-order chi connectivity index (χ1) is 9.36. The molecule has 1 aliphatic heterocycles. The molecule has 20 heavy (non-hydrogen) atoms. The van der Waals surface area contributed by atoms with Crippen LogP contribution in [0.25, 0.3) is 0 Å². The van der Waals surface area contributed by atoms with E-state index in [1.807, 2.05) is 32.6 Å². The molecule has 0 aliphatic carbocycles. The lowest BCUT2D eigenvalue weighted by Gasteiger charge is -2.35. The smallest absolute Gasteiger partial charge is 0.308 e. The molecule has 1 aliphatic rings. The summed E-state index contributed by atoms with van der Waals surface area (Å²) < 4.78 is 4.77. The van der Waals surface area contributed by atoms with Crippen LogP contribution in [0.15, 0.2) is 0 Å². The summed E-state index contributed by atoms with van der Waals surface area (Å²) >= 11 is 0. The number of esters is 1. The van der Waals surface area contributed by atoms with Crippen molar-refractivity contribution < 1.29 is 14.3 Å². The molecule has 0 unspecified atom stereocenters. The Balaban J connectivity index is 2.47. The van der Waals surface area contributed by atoms with Crippen LogP contribution in [-0.4, -0.2) is 60.5 Å². The highest BCUT2D eigenvalue weighted by Crippen LogP contribution is 2.18. The maximum Gasteiger partial charge on any atom is 0.308 e. The van der Waals surface area contributed by atoms with Gasteiger partial charge in [-0.1, -0.05) is 0 Å². The molecule has 1 saturated heterocycles. The van der Waals surface area contributed by atoms with Crippen LogP contribution in [0, 0.1) is 5.92 Å². The van der Waals surface area contributed by atoms with Gasteiger partial charge in [0.2, 0.25) is 5.91 Å². The molecule has 0 aromatic rings. The average molecular weight is 284 g/mol. The van der Waals surface area contributed by atoms with E-state index in [1.165, 1.54) is 7.11 Å². The summed E-state index contributed by atoms with van der Waals surface area (Å²) in [7, 11) is 1.43. The van der Waals surface area contributed by atoms with Crippen molar-refractivity contribution in [3.63, 3.8) is 0 Å². The molecule has 1 rings (SSSR count). The van der Waals surface area contributed by atoms with Crippen molar-refractivity contribution in [3.8, 4) is 0 Å². The molecule has 1 fully saturated rings. The Labute approximate surface area is 122 Å². The Hall–Kier alpha value is -1.10. The molecule has 0 atom stereocenters. The number of methoxy groups -OCH3 is 1. The summed E-state index contributed by atoms with van der Waals surface area (Å²) in [5.74, 6) is 0.0473. The van der Waals surface area contributed by atoms with Gasteiger partial charge in [0.1, 0.15) is 0 Å². The first-order valence-electron chi connectivity index (χ1n) is 7.48. The molecule has 5 heteroatoms. The summed E-state index contributed by atoms with van der Waals surface area (Å²) in [6.07, 6.45) is 1.56. The van der Waals surface area contributed by atoms with E-state index in [0.717, 1.165) is 25.9 Å². The summed E-state index contributed by atoms with van der Waals surface area (Å²) in [6.45, 7) is 10.2. The van der Waals surface area contributed by atoms with Crippen molar-refractivity contribution in [1.82, 2.24) is 9.80 Å². The minimum atomic E-state index is -0.123. The maximum absolute atomic E-state index is 12.4. The van der Waals surface area contributed by atoms with Gasteiger partial charge in [-0.05, 0) is 53.6 Å². The van der Waals surface area contributed by atoms with E-state index in [4.69, 9.17) is 4.74 Å². The van der Waals surface area contributed by atoms with Crippen LogP contribution in [-0.2, 0) is 14.3 Å². The van der Waals surface area contributed by atoms with E-state index in [1.54, 1.807) is 0 Å². The molecule has 0 N–H and O–H groups in total. The number of hydrogen-bond donors (Lipinski definition) is 0. The van der Waals surface area contributed by atoms with Crippen molar-refractivity contribution >= 4 is 11.9 Å². The Morgan fingerprint density at radius 2 is 1.65 bits per heavy atom. The summed E-state index contributed by atoms with van der Waals surface area (Å²) in [5.41, 5.74) is 0. The Morgan fingerprint density at radius 1 is 1.15 bits per heavy atom. The third-order valence-electron chi connectivity index (χ3n) is 3.88. The summed E-state index contributed by atoms with van der Waals surface area (Å²) in [6, 6.07) is 0.435. The molecular formula is C15H28N2O3. The van der Waals surface area contributed by atoms with E-state index in [9.17, 15) is 9.59 Å². The monoisotopic (exact) mass is 284 g/mol. The van der Waals surface area contributed by atoms with Gasteiger partial charge in [0.15, 0.2) is 0 Å². The number of likely N-dealkylation sites (tertiary alicyclic amines) is 1. The fraction of sp³-hybridized carbons (Fsp3) is 0.867. The van der Waals surface area contributed by atoms with Gasteiger partial charge in [0.25, 0.3) is 0 Å². The molecular weight excluding hydrogens is 256 g/mol. The standard InChI is InChI=1S/C15H28N2O3/c1-11(2)17(12(3)4)14(18)10-16-8-6-13(7-9-16)15(19)20-5/h11-13H,6-10H2,1-5H3. The number of ether oxygens (including phenoxy) is 1. The van der Waals surface area contributed by atoms with Crippen molar-refractivity contribution in [3.05, 3.63) is 0 Å². The fourth-order valence-corrected chi connectivity index (χ4v) is 2.94. The highest BCUT2D eigenvalue weighted by molar-refractivity contribution is 5.79. The van der Waals surface area contributed by atoms with Gasteiger partial charge in [0.05, 0.1) is 19.6 Å². The molecule has 0 saturated carbocycles. The fourth-order valence-electron chi connectivity index (χ4n) is 2.94. The Morgan fingerprint density at radius 3 is 2.05 bits per heavy atom. The number of amides is 1. The van der Waals surface area contributed by atoms with Gasteiger partial charge in [0, 0.05) is 12.1 Å². The Bertz CT molecular complexity index is 326. The highest BCUT2D eigenvalue weighted by atomic mass is 16.5. The van der Waals surface area contributed by atoms with Crippen molar-refractivity contribution in [2.75, 3.05) is 26.7 Å². The second kappa shape index (κ2) is 7.62. The van der Waals surface area contributed by atoms with Crippen LogP contribution in [0.1, 0.15) is 40.5 Å². The van der Waals surface area contributed by atoms with Gasteiger partial charge in [-0.15, -0.1) is 0 Å². The van der Waals surface area contributed by atoms with Crippen LogP contribution < -0.4 is 0 Å². The lowest BCUT2D eigenvalue weighted by atomic mass is 9.97. The lowest BCUT2D eigenvalue weighted by molar-refractivity contribution is -0.147. The number of hydrogen-bond acceptors (Lipinski definition) is 4. The molecule has 0 aromatic carbocycles. The van der Waals surface area contributed by atoms with Gasteiger partial charge < -0.3 is 9.64 Å². The van der Waals surface area contributed by atoms with E-state index in [-0.39, 0.29) is 29.9 Å². The summed E-state index contributed by atoms with van der Waals surface area (Å²) in [4.78, 5) is 27.9. The quantitative estimate of drug-likeness (QED) is 0.718. The number of piperidine rings is 1. The van der Waals surface area contributed by atoms with Crippen LogP contribution in [0.5, 0.6) is 0 Å². The minimum Gasteiger partial charge on any atom is -0.469 e. The zero-order valence-corrected chi connectivity index (χ0v) is 13.4. The maximum atomic E-state index is 12.4. The van der Waals surface area contributed by atoms with E-state index in [2.05, 4.69) is 4.90 Å². The van der Waals surface area contributed by atoms with Gasteiger partial charge >= 0.3 is 5.97 Å². The van der Waals surface area contributed by atoms with Crippen LogP contribution >= 0.6 is 0 Å². The Kier molecular flexibility index (Phi) is 6.46. The van der Waals surface area contributed by atoms with Crippen molar-refractivity contribution in [2.24, 2.45) is 5.92 Å². The number of carbonyl (C=O) groups is 2. The normalized spacial score (nSPS) is 17.6. The number of carbonyl (C=O) groups excluding carboxylic acids is 2. The SMILES string of the molecule is COC(=O)C1CCN(CC(=O)N(C(C)C)C(C)C)CC1. The van der Waals surface area contributed by atoms with Gasteiger partial charge in [-0.25, -0.2) is 0 Å². The lowest BCUT2D eigenvalue weighted by Crippen LogP contribution is -2.48. The van der Waals surface area contributed by atoms with Crippen LogP contribution in [0.4, 0.5) is 0 Å². The number of nitrogens with zero attached hydrogens (tertiary/aromatic N) is 2. The predicted octanol–water partition coefficient (Wildman–Crippen LogP) is 1.52. The van der Waals surface area contributed by atoms with E-state index < -0.39 is 0 Å². The second-order valence-electron chi connectivity index (χ2n) is 6.06. The van der Waals surface area contributed by atoms with Crippen molar-refractivity contribution in [2.45, 2.75) is 52.6 Å².